The second kappa shape index (κ2) is 8.28. The molecule has 0 bridgehead atoms. The summed E-state index contributed by atoms with van der Waals surface area (Å²) in [5, 5.41) is 7.85. The van der Waals surface area contributed by atoms with Crippen molar-refractivity contribution in [3.8, 4) is 0 Å². The van der Waals surface area contributed by atoms with Gasteiger partial charge in [-0.05, 0) is 59.3 Å². The molecule has 3 unspecified atom stereocenters. The van der Waals surface area contributed by atoms with Gasteiger partial charge in [-0.25, -0.2) is 0 Å². The lowest BCUT2D eigenvalue weighted by Crippen LogP contribution is -2.43. The van der Waals surface area contributed by atoms with Crippen molar-refractivity contribution in [3.05, 3.63) is 0 Å². The summed E-state index contributed by atoms with van der Waals surface area (Å²) >= 11 is 2.00. The summed E-state index contributed by atoms with van der Waals surface area (Å²) in [5.74, 6) is 1.00. The van der Waals surface area contributed by atoms with Gasteiger partial charge < -0.3 is 10.6 Å². The van der Waals surface area contributed by atoms with Gasteiger partial charge in [0.05, 0.1) is 6.54 Å². The molecule has 122 valence electrons. The van der Waals surface area contributed by atoms with Gasteiger partial charge in [-0.3, -0.25) is 9.89 Å². The molecule has 5 heteroatoms. The van der Waals surface area contributed by atoms with E-state index in [2.05, 4.69) is 42.7 Å². The van der Waals surface area contributed by atoms with Gasteiger partial charge in [-0.15, -0.1) is 0 Å². The predicted molar refractivity (Wildman–Crippen MR) is 94.3 cm³/mol. The fourth-order valence-electron chi connectivity index (χ4n) is 2.99. The molecule has 2 aliphatic rings. The van der Waals surface area contributed by atoms with Crippen molar-refractivity contribution in [3.63, 3.8) is 0 Å². The van der Waals surface area contributed by atoms with Crippen LogP contribution in [0.1, 0.15) is 46.0 Å². The Hall–Kier alpha value is -0.420. The van der Waals surface area contributed by atoms with Gasteiger partial charge >= 0.3 is 0 Å². The van der Waals surface area contributed by atoms with Gasteiger partial charge in [0.1, 0.15) is 0 Å². The van der Waals surface area contributed by atoms with E-state index in [1.54, 1.807) is 0 Å². The highest BCUT2D eigenvalue weighted by Gasteiger charge is 2.29. The van der Waals surface area contributed by atoms with Gasteiger partial charge in [-0.2, -0.15) is 11.8 Å². The second-order valence-electron chi connectivity index (χ2n) is 6.48. The molecular weight excluding hydrogens is 280 g/mol. The lowest BCUT2D eigenvalue weighted by Gasteiger charge is -2.24. The number of guanidine groups is 1. The molecule has 0 saturated heterocycles. The van der Waals surface area contributed by atoms with Gasteiger partial charge in [0.15, 0.2) is 5.96 Å². The zero-order valence-electron chi connectivity index (χ0n) is 14.1. The van der Waals surface area contributed by atoms with Gasteiger partial charge in [0.25, 0.3) is 0 Å². The van der Waals surface area contributed by atoms with Crippen molar-refractivity contribution < 1.29 is 0 Å². The summed E-state index contributed by atoms with van der Waals surface area (Å²) in [6, 6.07) is 1.93. The molecule has 0 heterocycles. The Kier molecular flexibility index (Phi) is 6.68. The zero-order chi connectivity index (χ0) is 15.2. The summed E-state index contributed by atoms with van der Waals surface area (Å²) in [6.45, 7) is 6.22. The second-order valence-corrected chi connectivity index (χ2v) is 7.62. The summed E-state index contributed by atoms with van der Waals surface area (Å²) < 4.78 is 0. The molecule has 21 heavy (non-hydrogen) atoms. The average Bonchev–Trinajstić information content (AvgIpc) is 3.24. The van der Waals surface area contributed by atoms with E-state index in [0.29, 0.717) is 12.1 Å². The van der Waals surface area contributed by atoms with Crippen molar-refractivity contribution in [2.75, 3.05) is 26.4 Å². The van der Waals surface area contributed by atoms with Crippen molar-refractivity contribution >= 4 is 17.7 Å². The monoisotopic (exact) mass is 312 g/mol. The number of nitrogens with zero attached hydrogens (tertiary/aromatic N) is 2. The van der Waals surface area contributed by atoms with Crippen LogP contribution in [0.15, 0.2) is 4.99 Å². The van der Waals surface area contributed by atoms with E-state index in [0.717, 1.165) is 30.3 Å². The molecule has 0 spiro atoms. The minimum absolute atomic E-state index is 0.524. The molecule has 0 aromatic heterocycles. The minimum atomic E-state index is 0.524. The third kappa shape index (κ3) is 5.37. The molecule has 0 radical (unpaired) electrons. The number of hydrogen-bond acceptors (Lipinski definition) is 3. The van der Waals surface area contributed by atoms with E-state index in [1.165, 1.54) is 32.1 Å². The molecular formula is C16H32N4S. The van der Waals surface area contributed by atoms with Crippen LogP contribution in [0.5, 0.6) is 0 Å². The highest BCUT2D eigenvalue weighted by Crippen LogP contribution is 2.28. The molecule has 0 aromatic rings. The predicted octanol–water partition coefficient (Wildman–Crippen LogP) is 2.31. The quantitative estimate of drug-likeness (QED) is 0.559. The molecule has 3 atom stereocenters. The molecule has 2 fully saturated rings. The van der Waals surface area contributed by atoms with Gasteiger partial charge in [0.2, 0.25) is 0 Å². The maximum absolute atomic E-state index is 4.80. The molecule has 2 aliphatic carbocycles. The molecule has 4 nitrogen and oxygen atoms in total. The molecule has 0 aliphatic heterocycles. The Morgan fingerprint density at radius 1 is 1.33 bits per heavy atom. The average molecular weight is 313 g/mol. The summed E-state index contributed by atoms with van der Waals surface area (Å²) in [5.41, 5.74) is 0. The first-order valence-electron chi connectivity index (χ1n) is 8.43. The van der Waals surface area contributed by atoms with Crippen LogP contribution >= 0.6 is 11.8 Å². The highest BCUT2D eigenvalue weighted by molar-refractivity contribution is 7.99. The largest absolute Gasteiger partial charge is 0.357 e. The van der Waals surface area contributed by atoms with Crippen LogP contribution in [0.4, 0.5) is 0 Å². The Bertz CT molecular complexity index is 343. The minimum Gasteiger partial charge on any atom is -0.357 e. The number of hydrogen-bond donors (Lipinski definition) is 2. The van der Waals surface area contributed by atoms with Crippen molar-refractivity contribution in [1.82, 2.24) is 15.5 Å². The van der Waals surface area contributed by atoms with E-state index in [-0.39, 0.29) is 0 Å². The van der Waals surface area contributed by atoms with Crippen LogP contribution in [-0.4, -0.2) is 60.6 Å². The van der Waals surface area contributed by atoms with Crippen LogP contribution in [-0.2, 0) is 0 Å². The Balaban J connectivity index is 1.80. The topological polar surface area (TPSA) is 39.7 Å². The van der Waals surface area contributed by atoms with Gasteiger partial charge in [-0.1, -0.05) is 0 Å². The maximum Gasteiger partial charge on any atom is 0.191 e. The summed E-state index contributed by atoms with van der Waals surface area (Å²) in [7, 11) is 2.23. The molecule has 2 N–H and O–H groups in total. The Morgan fingerprint density at radius 3 is 2.67 bits per heavy atom. The number of likely N-dealkylation sites (N-methyl/N-ethyl adjacent to an activating group) is 1. The van der Waals surface area contributed by atoms with E-state index >= 15 is 0 Å². The fraction of sp³-hybridized carbons (Fsp3) is 0.938. The van der Waals surface area contributed by atoms with Crippen LogP contribution in [0.2, 0.25) is 0 Å². The number of thioether (sulfide) groups is 1. The SMILES string of the molecule is CCNC(=NCC(C)N(C)C1CC1)NC1CCC(SC)C1. The van der Waals surface area contributed by atoms with Crippen molar-refractivity contribution in [1.29, 1.82) is 0 Å². The molecule has 0 aromatic carbocycles. The summed E-state index contributed by atoms with van der Waals surface area (Å²) in [4.78, 5) is 7.28. The summed E-state index contributed by atoms with van der Waals surface area (Å²) in [6.07, 6.45) is 8.82. The molecule has 2 saturated carbocycles. The standard InChI is InChI=1S/C16H32N4S/c1-5-17-16(19-13-6-9-15(10-13)21-4)18-11-12(2)20(3)14-7-8-14/h12-15H,5-11H2,1-4H3,(H2,17,18,19). The van der Waals surface area contributed by atoms with Gasteiger partial charge in [0, 0.05) is 29.9 Å². The maximum atomic E-state index is 4.80. The molecule has 2 rings (SSSR count). The van der Waals surface area contributed by atoms with Crippen LogP contribution in [0.25, 0.3) is 0 Å². The van der Waals surface area contributed by atoms with E-state index < -0.39 is 0 Å². The van der Waals surface area contributed by atoms with E-state index in [4.69, 9.17) is 4.99 Å². The third-order valence-electron chi connectivity index (χ3n) is 4.73. The number of aliphatic imine (C=N–C) groups is 1. The van der Waals surface area contributed by atoms with Crippen molar-refractivity contribution in [2.45, 2.75) is 69.3 Å². The Labute approximate surface area is 134 Å². The van der Waals surface area contributed by atoms with E-state index in [1.807, 2.05) is 11.8 Å². The number of rotatable bonds is 7. The zero-order valence-corrected chi connectivity index (χ0v) is 14.9. The van der Waals surface area contributed by atoms with Crippen LogP contribution < -0.4 is 10.6 Å². The van der Waals surface area contributed by atoms with Crippen LogP contribution in [0, 0.1) is 0 Å². The number of nitrogens with one attached hydrogen (secondary N) is 2. The van der Waals surface area contributed by atoms with E-state index in [9.17, 15) is 0 Å². The van der Waals surface area contributed by atoms with Crippen LogP contribution in [0.3, 0.4) is 0 Å². The lowest BCUT2D eigenvalue weighted by molar-refractivity contribution is 0.253. The van der Waals surface area contributed by atoms with Crippen molar-refractivity contribution in [2.24, 2.45) is 4.99 Å². The highest BCUT2D eigenvalue weighted by atomic mass is 32.2. The first-order valence-corrected chi connectivity index (χ1v) is 9.72. The lowest BCUT2D eigenvalue weighted by atomic mass is 10.2. The Morgan fingerprint density at radius 2 is 2.10 bits per heavy atom. The fourth-order valence-corrected chi connectivity index (χ4v) is 3.79. The molecule has 0 amide bonds. The first kappa shape index (κ1) is 16.9. The smallest absolute Gasteiger partial charge is 0.191 e. The first-order chi connectivity index (χ1) is 10.1. The normalized spacial score (nSPS) is 28.0. The third-order valence-corrected chi connectivity index (χ3v) is 5.83.